The van der Waals surface area contributed by atoms with Crippen LogP contribution in [0.3, 0.4) is 0 Å². The van der Waals surface area contributed by atoms with Crippen molar-refractivity contribution < 1.29 is 27.9 Å². The van der Waals surface area contributed by atoms with Gasteiger partial charge >= 0.3 is 6.09 Å². The number of hydrogen-bond donors (Lipinski definition) is 2. The highest BCUT2D eigenvalue weighted by Gasteiger charge is 2.39. The first-order chi connectivity index (χ1) is 20.8. The molecule has 43 heavy (non-hydrogen) atoms. The SMILES string of the molecule is Cc1cc(F)ccc1N=C1SC(c2ccc(NC(=O)[C@@H](C)NC(=O)OCc3ccccc3)cc2)C(=O)N1Cc1ccco1. The van der Waals surface area contributed by atoms with E-state index >= 15 is 0 Å². The Bertz CT molecular complexity index is 1630. The zero-order chi connectivity index (χ0) is 30.3. The monoisotopic (exact) mass is 600 g/mol. The van der Waals surface area contributed by atoms with Gasteiger partial charge in [-0.2, -0.15) is 0 Å². The molecule has 9 nitrogen and oxygen atoms in total. The summed E-state index contributed by atoms with van der Waals surface area (Å²) in [6, 6.07) is 23.1. The molecule has 2 N–H and O–H groups in total. The van der Waals surface area contributed by atoms with E-state index in [1.807, 2.05) is 30.3 Å². The molecule has 0 spiro atoms. The van der Waals surface area contributed by atoms with Crippen LogP contribution >= 0.6 is 11.8 Å². The van der Waals surface area contributed by atoms with Gasteiger partial charge in [0.1, 0.15) is 29.5 Å². The van der Waals surface area contributed by atoms with Crippen LogP contribution in [0.15, 0.2) is 101 Å². The number of nitrogens with one attached hydrogen (secondary N) is 2. The van der Waals surface area contributed by atoms with Crippen LogP contribution in [0.1, 0.15) is 34.6 Å². The van der Waals surface area contributed by atoms with Gasteiger partial charge in [0.15, 0.2) is 5.17 Å². The highest BCUT2D eigenvalue weighted by Crippen LogP contribution is 2.41. The van der Waals surface area contributed by atoms with E-state index in [9.17, 15) is 18.8 Å². The molecular formula is C32H29FN4O5S. The van der Waals surface area contributed by atoms with Gasteiger partial charge in [0.2, 0.25) is 11.8 Å². The van der Waals surface area contributed by atoms with Crippen LogP contribution in [0, 0.1) is 12.7 Å². The number of aliphatic imine (C=N–C) groups is 1. The van der Waals surface area contributed by atoms with Gasteiger partial charge in [-0.05, 0) is 73.0 Å². The largest absolute Gasteiger partial charge is 0.467 e. The summed E-state index contributed by atoms with van der Waals surface area (Å²) in [5, 5.41) is 5.17. The number of rotatable bonds is 9. The van der Waals surface area contributed by atoms with E-state index in [0.717, 1.165) is 5.56 Å². The lowest BCUT2D eigenvalue weighted by Gasteiger charge is -2.16. The van der Waals surface area contributed by atoms with Crippen molar-refractivity contribution >= 4 is 46.2 Å². The lowest BCUT2D eigenvalue weighted by Crippen LogP contribution is -2.41. The van der Waals surface area contributed by atoms with Crippen molar-refractivity contribution in [2.75, 3.05) is 5.32 Å². The summed E-state index contributed by atoms with van der Waals surface area (Å²) in [5.41, 5.74) is 3.26. The van der Waals surface area contributed by atoms with Gasteiger partial charge in [-0.25, -0.2) is 14.2 Å². The molecule has 11 heteroatoms. The van der Waals surface area contributed by atoms with Gasteiger partial charge in [-0.1, -0.05) is 54.2 Å². The molecule has 1 unspecified atom stereocenters. The molecule has 3 amide bonds. The number of furan rings is 1. The average molecular weight is 601 g/mol. The summed E-state index contributed by atoms with van der Waals surface area (Å²) in [6.45, 7) is 3.60. The summed E-state index contributed by atoms with van der Waals surface area (Å²) in [7, 11) is 0. The summed E-state index contributed by atoms with van der Waals surface area (Å²) in [6.07, 6.45) is 0.837. The highest BCUT2D eigenvalue weighted by atomic mass is 32.2. The third kappa shape index (κ3) is 7.49. The Labute approximate surface area is 252 Å². The fourth-order valence-electron chi connectivity index (χ4n) is 4.30. The first-order valence-corrected chi connectivity index (χ1v) is 14.4. The Morgan fingerprint density at radius 3 is 2.53 bits per heavy atom. The van der Waals surface area contributed by atoms with Crippen LogP contribution < -0.4 is 10.6 Å². The standard InChI is InChI=1S/C32H29FN4O5S/c1-20-17-24(33)12-15-27(20)36-31-37(18-26-9-6-16-41-26)30(39)28(43-31)23-10-13-25(14-11-23)35-29(38)21(2)34-32(40)42-19-22-7-4-3-5-8-22/h3-17,21,28H,18-19H2,1-2H3,(H,34,40)(H,35,38)/t21-,28?/m1/s1. The second-order valence-electron chi connectivity index (χ2n) is 9.87. The number of alkyl carbamates (subject to hydrolysis) is 1. The first-order valence-electron chi connectivity index (χ1n) is 13.5. The fourth-order valence-corrected chi connectivity index (χ4v) is 5.47. The number of amidine groups is 1. The summed E-state index contributed by atoms with van der Waals surface area (Å²) < 4.78 is 24.3. The Hall–Kier alpha value is -4.90. The Morgan fingerprint density at radius 1 is 1.07 bits per heavy atom. The number of ether oxygens (including phenoxy) is 1. The number of thioether (sulfide) groups is 1. The Morgan fingerprint density at radius 2 is 1.84 bits per heavy atom. The van der Waals surface area contributed by atoms with E-state index in [4.69, 9.17) is 14.1 Å². The number of halogens is 1. The quantitative estimate of drug-likeness (QED) is 0.227. The fraction of sp³-hybridized carbons (Fsp3) is 0.188. The van der Waals surface area contributed by atoms with E-state index in [2.05, 4.69) is 10.6 Å². The molecule has 2 atom stereocenters. The van der Waals surface area contributed by atoms with Crippen LogP contribution in [0.5, 0.6) is 0 Å². The Balaban J connectivity index is 1.24. The summed E-state index contributed by atoms with van der Waals surface area (Å²) >= 11 is 1.29. The number of carbonyl (C=O) groups excluding carboxylic acids is 3. The molecule has 4 aromatic rings. The molecule has 2 heterocycles. The van der Waals surface area contributed by atoms with Crippen LogP contribution in [0.2, 0.25) is 0 Å². The maximum atomic E-state index is 13.7. The van der Waals surface area contributed by atoms with Crippen molar-refractivity contribution in [1.82, 2.24) is 10.2 Å². The number of anilines is 1. The van der Waals surface area contributed by atoms with E-state index in [-0.39, 0.29) is 24.9 Å². The highest BCUT2D eigenvalue weighted by molar-refractivity contribution is 8.15. The van der Waals surface area contributed by atoms with Crippen molar-refractivity contribution in [1.29, 1.82) is 0 Å². The van der Waals surface area contributed by atoms with Gasteiger partial charge < -0.3 is 19.8 Å². The van der Waals surface area contributed by atoms with Gasteiger partial charge in [0.25, 0.3) is 0 Å². The number of amides is 3. The van der Waals surface area contributed by atoms with Gasteiger partial charge in [-0.15, -0.1) is 0 Å². The van der Waals surface area contributed by atoms with Crippen molar-refractivity contribution in [2.24, 2.45) is 4.99 Å². The smallest absolute Gasteiger partial charge is 0.408 e. The third-order valence-corrected chi connectivity index (χ3v) is 7.87. The zero-order valence-electron chi connectivity index (χ0n) is 23.5. The number of hydrogen-bond acceptors (Lipinski definition) is 7. The number of aryl methyl sites for hydroxylation is 1. The second-order valence-corrected chi connectivity index (χ2v) is 10.9. The predicted molar refractivity (Wildman–Crippen MR) is 162 cm³/mol. The lowest BCUT2D eigenvalue weighted by molar-refractivity contribution is -0.126. The number of benzene rings is 3. The predicted octanol–water partition coefficient (Wildman–Crippen LogP) is 6.48. The minimum atomic E-state index is -0.848. The molecule has 0 radical (unpaired) electrons. The van der Waals surface area contributed by atoms with E-state index < -0.39 is 23.3 Å². The number of nitrogens with zero attached hydrogens (tertiary/aromatic N) is 2. The average Bonchev–Trinajstić information content (AvgIpc) is 3.62. The van der Waals surface area contributed by atoms with Crippen LogP contribution in [0.25, 0.3) is 0 Å². The Kier molecular flexibility index (Phi) is 9.21. The van der Waals surface area contributed by atoms with Gasteiger partial charge in [0.05, 0.1) is 18.5 Å². The topological polar surface area (TPSA) is 113 Å². The summed E-state index contributed by atoms with van der Waals surface area (Å²) in [5.74, 6) is -0.363. The van der Waals surface area contributed by atoms with Crippen molar-refractivity contribution in [3.63, 3.8) is 0 Å². The van der Waals surface area contributed by atoms with Gasteiger partial charge in [-0.3, -0.25) is 14.5 Å². The second kappa shape index (κ2) is 13.4. The molecule has 220 valence electrons. The van der Waals surface area contributed by atoms with E-state index in [1.54, 1.807) is 67.5 Å². The minimum Gasteiger partial charge on any atom is -0.467 e. The van der Waals surface area contributed by atoms with Crippen molar-refractivity contribution in [3.05, 3.63) is 119 Å². The van der Waals surface area contributed by atoms with Crippen molar-refractivity contribution in [2.45, 2.75) is 38.3 Å². The van der Waals surface area contributed by atoms with Crippen LogP contribution in [0.4, 0.5) is 20.6 Å². The molecule has 1 aliphatic rings. The molecule has 1 aliphatic heterocycles. The van der Waals surface area contributed by atoms with Crippen LogP contribution in [-0.4, -0.2) is 34.0 Å². The lowest BCUT2D eigenvalue weighted by atomic mass is 10.1. The third-order valence-electron chi connectivity index (χ3n) is 6.63. The molecule has 3 aromatic carbocycles. The molecule has 0 bridgehead atoms. The normalized spacial score (nSPS) is 16.3. The zero-order valence-corrected chi connectivity index (χ0v) is 24.3. The molecule has 1 aromatic heterocycles. The van der Waals surface area contributed by atoms with Crippen molar-refractivity contribution in [3.8, 4) is 0 Å². The summed E-state index contributed by atoms with van der Waals surface area (Å²) in [4.78, 5) is 44.6. The molecular weight excluding hydrogens is 571 g/mol. The first kappa shape index (κ1) is 29.6. The van der Waals surface area contributed by atoms with E-state index in [1.165, 1.54) is 23.9 Å². The molecule has 5 rings (SSSR count). The maximum Gasteiger partial charge on any atom is 0.408 e. The maximum absolute atomic E-state index is 13.7. The number of carbonyl (C=O) groups is 3. The van der Waals surface area contributed by atoms with Crippen LogP contribution in [-0.2, 0) is 27.5 Å². The minimum absolute atomic E-state index is 0.0925. The molecule has 1 fully saturated rings. The molecule has 0 saturated carbocycles. The molecule has 1 saturated heterocycles. The van der Waals surface area contributed by atoms with Gasteiger partial charge in [0, 0.05) is 5.69 Å². The van der Waals surface area contributed by atoms with E-state index in [0.29, 0.717) is 33.4 Å². The molecule has 0 aliphatic carbocycles.